The predicted octanol–water partition coefficient (Wildman–Crippen LogP) is 3.75. The quantitative estimate of drug-likeness (QED) is 0.411. The van der Waals surface area contributed by atoms with Gasteiger partial charge in [-0.3, -0.25) is 24.7 Å². The fraction of sp³-hybridized carbons (Fsp3) is 0.364. The molecule has 0 spiro atoms. The number of nitro benzene ring substituents is 1. The second-order valence-electron chi connectivity index (χ2n) is 7.37. The van der Waals surface area contributed by atoms with E-state index in [0.29, 0.717) is 31.4 Å². The minimum Gasteiger partial charge on any atom is -0.379 e. The average molecular weight is 441 g/mol. The summed E-state index contributed by atoms with van der Waals surface area (Å²) in [7, 11) is 0. The van der Waals surface area contributed by atoms with Crippen LogP contribution in [0.15, 0.2) is 42.5 Å². The fourth-order valence-corrected chi connectivity index (χ4v) is 4.60. The summed E-state index contributed by atoms with van der Waals surface area (Å²) >= 11 is 1.47. The monoisotopic (exact) mass is 440 g/mol. The summed E-state index contributed by atoms with van der Waals surface area (Å²) in [5.74, 6) is -0.285. The number of non-ortho nitro benzene ring substituents is 1. The molecule has 31 heavy (non-hydrogen) atoms. The van der Waals surface area contributed by atoms with Gasteiger partial charge in [-0.2, -0.15) is 0 Å². The zero-order valence-corrected chi connectivity index (χ0v) is 18.1. The molecule has 1 aliphatic rings. The molecule has 1 aliphatic heterocycles. The molecule has 9 heteroatoms. The van der Waals surface area contributed by atoms with Crippen molar-refractivity contribution in [3.05, 3.63) is 63.7 Å². The molecule has 3 aromatic rings. The lowest BCUT2D eigenvalue weighted by Crippen LogP contribution is -2.43. The van der Waals surface area contributed by atoms with Crippen LogP contribution in [0.4, 0.5) is 10.8 Å². The third kappa shape index (κ3) is 4.90. The molecule has 0 radical (unpaired) electrons. The highest BCUT2D eigenvalue weighted by atomic mass is 32.1. The highest BCUT2D eigenvalue weighted by molar-refractivity contribution is 7.22. The number of thiazole rings is 1. The number of ether oxygens (including phenoxy) is 1. The van der Waals surface area contributed by atoms with Gasteiger partial charge in [0, 0.05) is 43.9 Å². The summed E-state index contributed by atoms with van der Waals surface area (Å²) in [6.07, 6.45) is 0.927. The summed E-state index contributed by atoms with van der Waals surface area (Å²) < 4.78 is 6.43. The molecule has 1 amide bonds. The Morgan fingerprint density at radius 1 is 1.26 bits per heavy atom. The molecule has 162 valence electrons. The van der Waals surface area contributed by atoms with Crippen molar-refractivity contribution >= 4 is 38.3 Å². The topological polar surface area (TPSA) is 88.8 Å². The Bertz CT molecular complexity index is 1090. The van der Waals surface area contributed by atoms with Gasteiger partial charge >= 0.3 is 0 Å². The van der Waals surface area contributed by atoms with Gasteiger partial charge in [0.15, 0.2) is 5.13 Å². The lowest BCUT2D eigenvalue weighted by molar-refractivity contribution is -0.384. The summed E-state index contributed by atoms with van der Waals surface area (Å²) in [6.45, 7) is 6.22. The average Bonchev–Trinajstić information content (AvgIpc) is 3.22. The van der Waals surface area contributed by atoms with Crippen LogP contribution in [0.25, 0.3) is 10.2 Å². The number of fused-ring (bicyclic) bond motifs is 1. The van der Waals surface area contributed by atoms with E-state index in [1.165, 1.54) is 35.1 Å². The molecule has 1 saturated heterocycles. The van der Waals surface area contributed by atoms with Gasteiger partial charge in [0.25, 0.3) is 11.6 Å². The smallest absolute Gasteiger partial charge is 0.270 e. The Morgan fingerprint density at radius 2 is 2.06 bits per heavy atom. The van der Waals surface area contributed by atoms with Crippen LogP contribution in [-0.4, -0.2) is 60.1 Å². The number of hydrogen-bond donors (Lipinski definition) is 0. The second-order valence-corrected chi connectivity index (χ2v) is 8.38. The van der Waals surface area contributed by atoms with E-state index in [4.69, 9.17) is 9.72 Å². The molecule has 0 saturated carbocycles. The Kier molecular flexibility index (Phi) is 6.55. The molecule has 0 unspecified atom stereocenters. The lowest BCUT2D eigenvalue weighted by Gasteiger charge is -2.29. The van der Waals surface area contributed by atoms with Crippen LogP contribution in [0.2, 0.25) is 0 Å². The van der Waals surface area contributed by atoms with Crippen LogP contribution >= 0.6 is 11.3 Å². The van der Waals surface area contributed by atoms with E-state index in [1.54, 1.807) is 11.0 Å². The van der Waals surface area contributed by atoms with Crippen LogP contribution in [0.3, 0.4) is 0 Å². The Balaban J connectivity index is 1.65. The maximum Gasteiger partial charge on any atom is 0.270 e. The molecule has 8 nitrogen and oxygen atoms in total. The van der Waals surface area contributed by atoms with Crippen LogP contribution in [0.5, 0.6) is 0 Å². The SMILES string of the molecule is CCc1ccc2nc(N(CCN3CCOCC3)C(=O)c3cccc([N+](=O)[O-])c3)sc2c1. The van der Waals surface area contributed by atoms with Crippen LogP contribution < -0.4 is 4.90 Å². The van der Waals surface area contributed by atoms with Crippen molar-refractivity contribution in [2.24, 2.45) is 0 Å². The summed E-state index contributed by atoms with van der Waals surface area (Å²) in [5.41, 5.74) is 2.24. The van der Waals surface area contributed by atoms with Gasteiger partial charge in [-0.15, -0.1) is 0 Å². The van der Waals surface area contributed by atoms with Crippen molar-refractivity contribution in [3.63, 3.8) is 0 Å². The largest absolute Gasteiger partial charge is 0.379 e. The number of amides is 1. The predicted molar refractivity (Wildman–Crippen MR) is 121 cm³/mol. The number of nitrogens with zero attached hydrogens (tertiary/aromatic N) is 4. The Labute approximate surface area is 184 Å². The van der Waals surface area contributed by atoms with Crippen molar-refractivity contribution in [1.82, 2.24) is 9.88 Å². The summed E-state index contributed by atoms with van der Waals surface area (Å²) in [6, 6.07) is 12.0. The number of nitro groups is 1. The minimum atomic E-state index is -0.487. The first-order valence-electron chi connectivity index (χ1n) is 10.3. The molecule has 1 aromatic heterocycles. The van der Waals surface area contributed by atoms with E-state index in [1.807, 2.05) is 12.1 Å². The summed E-state index contributed by atoms with van der Waals surface area (Å²) in [4.78, 5) is 32.7. The first-order valence-corrected chi connectivity index (χ1v) is 11.1. The molecule has 0 bridgehead atoms. The first kappa shape index (κ1) is 21.4. The van der Waals surface area contributed by atoms with Crippen molar-refractivity contribution in [1.29, 1.82) is 0 Å². The molecular weight excluding hydrogens is 416 g/mol. The Morgan fingerprint density at radius 3 is 2.81 bits per heavy atom. The van der Waals surface area contributed by atoms with Crippen molar-refractivity contribution in [3.8, 4) is 0 Å². The van der Waals surface area contributed by atoms with Crippen LogP contribution in [0.1, 0.15) is 22.8 Å². The molecule has 2 heterocycles. The van der Waals surface area contributed by atoms with Gasteiger partial charge in [-0.25, -0.2) is 4.98 Å². The summed E-state index contributed by atoms with van der Waals surface area (Å²) in [5, 5.41) is 11.8. The molecule has 0 aliphatic carbocycles. The Hall–Kier alpha value is -2.88. The highest BCUT2D eigenvalue weighted by Crippen LogP contribution is 2.31. The first-order chi connectivity index (χ1) is 15.0. The highest BCUT2D eigenvalue weighted by Gasteiger charge is 2.24. The number of hydrogen-bond acceptors (Lipinski definition) is 7. The standard InChI is InChI=1S/C22H24N4O4S/c1-2-16-6-7-19-20(14-16)31-22(23-19)25(9-8-24-10-12-30-13-11-24)21(27)17-4-3-5-18(15-17)26(28)29/h3-7,14-15H,2,8-13H2,1H3. The number of morpholine rings is 1. The number of aromatic nitrogens is 1. The van der Waals surface area contributed by atoms with E-state index in [9.17, 15) is 14.9 Å². The van der Waals surface area contributed by atoms with E-state index in [0.717, 1.165) is 29.7 Å². The molecular formula is C22H24N4O4S. The van der Waals surface area contributed by atoms with Crippen LogP contribution in [0, 0.1) is 10.1 Å². The van der Waals surface area contributed by atoms with Gasteiger partial charge in [0.05, 0.1) is 28.4 Å². The van der Waals surface area contributed by atoms with Gasteiger partial charge in [-0.05, 0) is 30.2 Å². The van der Waals surface area contributed by atoms with Crippen LogP contribution in [-0.2, 0) is 11.2 Å². The number of carbonyl (C=O) groups is 1. The number of rotatable bonds is 7. The molecule has 0 N–H and O–H groups in total. The van der Waals surface area contributed by atoms with Gasteiger partial charge in [-0.1, -0.05) is 30.4 Å². The third-order valence-corrected chi connectivity index (χ3v) is 6.41. The molecule has 0 atom stereocenters. The number of anilines is 1. The molecule has 4 rings (SSSR count). The third-order valence-electron chi connectivity index (χ3n) is 5.37. The van der Waals surface area contributed by atoms with Crippen molar-refractivity contribution < 1.29 is 14.5 Å². The van der Waals surface area contributed by atoms with Gasteiger partial charge < -0.3 is 4.74 Å². The van der Waals surface area contributed by atoms with E-state index < -0.39 is 4.92 Å². The van der Waals surface area contributed by atoms with E-state index >= 15 is 0 Å². The maximum atomic E-state index is 13.4. The minimum absolute atomic E-state index is 0.101. The van der Waals surface area contributed by atoms with E-state index in [-0.39, 0.29) is 17.2 Å². The fourth-order valence-electron chi connectivity index (χ4n) is 3.55. The molecule has 1 fully saturated rings. The van der Waals surface area contributed by atoms with Gasteiger partial charge in [0.2, 0.25) is 0 Å². The number of benzene rings is 2. The zero-order chi connectivity index (χ0) is 21.8. The lowest BCUT2D eigenvalue weighted by atomic mass is 10.1. The van der Waals surface area contributed by atoms with Gasteiger partial charge in [0.1, 0.15) is 0 Å². The number of carbonyl (C=O) groups excluding carboxylic acids is 1. The zero-order valence-electron chi connectivity index (χ0n) is 17.3. The van der Waals surface area contributed by atoms with Crippen molar-refractivity contribution in [2.75, 3.05) is 44.3 Å². The van der Waals surface area contributed by atoms with E-state index in [2.05, 4.69) is 17.9 Å². The molecule has 2 aromatic carbocycles. The van der Waals surface area contributed by atoms with Crippen molar-refractivity contribution in [2.45, 2.75) is 13.3 Å². The second kappa shape index (κ2) is 9.51. The number of aryl methyl sites for hydroxylation is 1. The maximum absolute atomic E-state index is 13.4. The normalized spacial score (nSPS) is 14.6.